The summed E-state index contributed by atoms with van der Waals surface area (Å²) in [7, 11) is 0. The highest BCUT2D eigenvalue weighted by Crippen LogP contribution is 2.26. The largest absolute Gasteiger partial charge is 0.345 e. The maximum Gasteiger partial charge on any atom is 0.323 e. The van der Waals surface area contributed by atoms with Gasteiger partial charge in [-0.05, 0) is 48.9 Å². The number of hydrogen-bond acceptors (Lipinski definition) is 2. The minimum Gasteiger partial charge on any atom is -0.345 e. The van der Waals surface area contributed by atoms with Crippen LogP contribution in [0.1, 0.15) is 28.9 Å². The maximum atomic E-state index is 12.5. The van der Waals surface area contributed by atoms with E-state index in [0.29, 0.717) is 22.0 Å². The molecule has 0 aromatic heterocycles. The Morgan fingerprint density at radius 1 is 0.793 bits per heavy atom. The minimum atomic E-state index is -0.333. The second-order valence-corrected chi connectivity index (χ2v) is 7.15. The molecule has 0 aliphatic carbocycles. The molecule has 0 spiro atoms. The Bertz CT molecular complexity index is 1010. The van der Waals surface area contributed by atoms with E-state index in [1.807, 2.05) is 37.3 Å². The van der Waals surface area contributed by atoms with Gasteiger partial charge in [0.1, 0.15) is 0 Å². The summed E-state index contributed by atoms with van der Waals surface area (Å²) in [5.74, 6) is -0.311. The summed E-state index contributed by atoms with van der Waals surface area (Å²) >= 11 is 12.1. The molecule has 29 heavy (non-hydrogen) atoms. The Kier molecular flexibility index (Phi) is 6.75. The average Bonchev–Trinajstić information content (AvgIpc) is 2.71. The van der Waals surface area contributed by atoms with Crippen LogP contribution in [0.5, 0.6) is 0 Å². The number of anilines is 2. The van der Waals surface area contributed by atoms with E-state index in [1.165, 1.54) is 0 Å². The van der Waals surface area contributed by atoms with Gasteiger partial charge >= 0.3 is 6.03 Å². The van der Waals surface area contributed by atoms with Gasteiger partial charge in [0, 0.05) is 11.4 Å². The van der Waals surface area contributed by atoms with Gasteiger partial charge in [-0.25, -0.2) is 4.79 Å². The molecular formula is C22H19Cl2N3O2. The SMILES string of the molecule is CC(NC(=O)c1cccc(Cl)c1Cl)c1ccc(NC(=O)Nc2ccccc2)cc1. The van der Waals surface area contributed by atoms with E-state index in [0.717, 1.165) is 5.56 Å². The minimum absolute atomic E-state index is 0.225. The molecule has 0 radical (unpaired) electrons. The molecule has 0 saturated carbocycles. The zero-order valence-electron chi connectivity index (χ0n) is 15.6. The van der Waals surface area contributed by atoms with Crippen molar-refractivity contribution >= 4 is 46.5 Å². The highest BCUT2D eigenvalue weighted by Gasteiger charge is 2.16. The Morgan fingerprint density at radius 3 is 2.07 bits per heavy atom. The lowest BCUT2D eigenvalue weighted by molar-refractivity contribution is 0.0940. The van der Waals surface area contributed by atoms with Gasteiger partial charge < -0.3 is 16.0 Å². The zero-order valence-corrected chi connectivity index (χ0v) is 17.1. The molecular weight excluding hydrogens is 409 g/mol. The normalized spacial score (nSPS) is 11.4. The fraction of sp³-hybridized carbons (Fsp3) is 0.0909. The van der Waals surface area contributed by atoms with Crippen molar-refractivity contribution in [2.45, 2.75) is 13.0 Å². The first-order valence-electron chi connectivity index (χ1n) is 8.92. The van der Waals surface area contributed by atoms with E-state index in [1.54, 1.807) is 42.5 Å². The molecule has 1 atom stereocenters. The fourth-order valence-corrected chi connectivity index (χ4v) is 3.09. The van der Waals surface area contributed by atoms with E-state index < -0.39 is 0 Å². The van der Waals surface area contributed by atoms with Gasteiger partial charge in [-0.15, -0.1) is 0 Å². The van der Waals surface area contributed by atoms with Gasteiger partial charge in [-0.3, -0.25) is 4.79 Å². The van der Waals surface area contributed by atoms with Crippen LogP contribution in [0.3, 0.4) is 0 Å². The third-order valence-electron chi connectivity index (χ3n) is 4.24. The standard InChI is InChI=1S/C22H19Cl2N3O2/c1-14(25-21(28)18-8-5-9-19(23)20(18)24)15-10-12-17(13-11-15)27-22(29)26-16-6-3-2-4-7-16/h2-14H,1H3,(H,25,28)(H2,26,27,29). The lowest BCUT2D eigenvalue weighted by atomic mass is 10.1. The summed E-state index contributed by atoms with van der Waals surface area (Å²) in [5, 5.41) is 8.97. The fourth-order valence-electron chi connectivity index (χ4n) is 2.71. The number of amides is 3. The van der Waals surface area contributed by atoms with Crippen molar-refractivity contribution in [3.63, 3.8) is 0 Å². The highest BCUT2D eigenvalue weighted by molar-refractivity contribution is 6.43. The second kappa shape index (κ2) is 9.45. The Hall–Kier alpha value is -3.02. The lowest BCUT2D eigenvalue weighted by Gasteiger charge is -2.16. The Morgan fingerprint density at radius 2 is 1.41 bits per heavy atom. The molecule has 7 heteroatoms. The number of carbonyl (C=O) groups is 2. The number of hydrogen-bond donors (Lipinski definition) is 3. The van der Waals surface area contributed by atoms with Gasteiger partial charge in [0.15, 0.2) is 0 Å². The van der Waals surface area contributed by atoms with Crippen molar-refractivity contribution < 1.29 is 9.59 Å². The van der Waals surface area contributed by atoms with Crippen LogP contribution in [0.25, 0.3) is 0 Å². The van der Waals surface area contributed by atoms with Crippen LogP contribution in [0.4, 0.5) is 16.2 Å². The first-order valence-corrected chi connectivity index (χ1v) is 9.67. The van der Waals surface area contributed by atoms with Gasteiger partial charge in [0.05, 0.1) is 21.7 Å². The summed E-state index contributed by atoms with van der Waals surface area (Å²) in [6.07, 6.45) is 0. The van der Waals surface area contributed by atoms with Gasteiger partial charge in [-0.2, -0.15) is 0 Å². The van der Waals surface area contributed by atoms with Crippen molar-refractivity contribution in [2.75, 3.05) is 10.6 Å². The number of benzene rings is 3. The molecule has 0 aliphatic heterocycles. The molecule has 148 valence electrons. The van der Waals surface area contributed by atoms with E-state index in [9.17, 15) is 9.59 Å². The summed E-state index contributed by atoms with van der Waals surface area (Å²) < 4.78 is 0. The van der Waals surface area contributed by atoms with Crippen LogP contribution in [-0.2, 0) is 0 Å². The molecule has 3 aromatic rings. The van der Waals surface area contributed by atoms with Crippen molar-refractivity contribution in [3.8, 4) is 0 Å². The van der Waals surface area contributed by atoms with E-state index in [2.05, 4.69) is 16.0 Å². The average molecular weight is 428 g/mol. The maximum absolute atomic E-state index is 12.5. The van der Waals surface area contributed by atoms with Crippen molar-refractivity contribution in [1.29, 1.82) is 0 Å². The van der Waals surface area contributed by atoms with Crippen molar-refractivity contribution in [2.24, 2.45) is 0 Å². The number of carbonyl (C=O) groups excluding carboxylic acids is 2. The molecule has 0 aliphatic rings. The molecule has 0 fully saturated rings. The Balaban J connectivity index is 1.59. The monoisotopic (exact) mass is 427 g/mol. The molecule has 0 heterocycles. The molecule has 3 aromatic carbocycles. The van der Waals surface area contributed by atoms with E-state index in [-0.39, 0.29) is 23.0 Å². The second-order valence-electron chi connectivity index (χ2n) is 6.36. The van der Waals surface area contributed by atoms with E-state index >= 15 is 0 Å². The van der Waals surface area contributed by atoms with Crippen LogP contribution in [0.2, 0.25) is 10.0 Å². The Labute approximate surface area is 179 Å². The number of urea groups is 1. The molecule has 5 nitrogen and oxygen atoms in total. The van der Waals surface area contributed by atoms with Gasteiger partial charge in [0.25, 0.3) is 5.91 Å². The molecule has 1 unspecified atom stereocenters. The third kappa shape index (κ3) is 5.50. The lowest BCUT2D eigenvalue weighted by Crippen LogP contribution is -2.27. The predicted molar refractivity (Wildman–Crippen MR) is 118 cm³/mol. The van der Waals surface area contributed by atoms with Crippen LogP contribution in [0.15, 0.2) is 72.8 Å². The molecule has 3 N–H and O–H groups in total. The first kappa shape index (κ1) is 20.7. The summed E-state index contributed by atoms with van der Waals surface area (Å²) in [5.41, 5.74) is 2.55. The van der Waals surface area contributed by atoms with Crippen LogP contribution in [-0.4, -0.2) is 11.9 Å². The van der Waals surface area contributed by atoms with E-state index in [4.69, 9.17) is 23.2 Å². The number of nitrogens with one attached hydrogen (secondary N) is 3. The molecule has 3 amide bonds. The molecule has 0 bridgehead atoms. The smallest absolute Gasteiger partial charge is 0.323 e. The number of halogens is 2. The first-order chi connectivity index (χ1) is 13.9. The zero-order chi connectivity index (χ0) is 20.8. The van der Waals surface area contributed by atoms with Gasteiger partial charge in [-0.1, -0.05) is 59.6 Å². The van der Waals surface area contributed by atoms with Crippen molar-refractivity contribution in [3.05, 3.63) is 94.0 Å². The summed E-state index contributed by atoms with van der Waals surface area (Å²) in [4.78, 5) is 24.5. The number of rotatable bonds is 5. The van der Waals surface area contributed by atoms with Crippen LogP contribution < -0.4 is 16.0 Å². The highest BCUT2D eigenvalue weighted by atomic mass is 35.5. The number of para-hydroxylation sites is 1. The topological polar surface area (TPSA) is 70.2 Å². The molecule has 3 rings (SSSR count). The summed E-state index contributed by atoms with van der Waals surface area (Å²) in [6, 6.07) is 20.7. The van der Waals surface area contributed by atoms with Crippen molar-refractivity contribution in [1.82, 2.24) is 5.32 Å². The third-order valence-corrected chi connectivity index (χ3v) is 5.06. The van der Waals surface area contributed by atoms with Crippen LogP contribution >= 0.6 is 23.2 Å². The quantitative estimate of drug-likeness (QED) is 0.458. The van der Waals surface area contributed by atoms with Crippen LogP contribution in [0, 0.1) is 0 Å². The summed E-state index contributed by atoms with van der Waals surface area (Å²) in [6.45, 7) is 1.86. The predicted octanol–water partition coefficient (Wildman–Crippen LogP) is 6.13. The molecule has 0 saturated heterocycles. The van der Waals surface area contributed by atoms with Gasteiger partial charge in [0.2, 0.25) is 0 Å².